The number of hydrogen-bond donors (Lipinski definition) is 3. The number of pyridine rings is 1. The summed E-state index contributed by atoms with van der Waals surface area (Å²) in [5.74, 6) is -0.348. The highest BCUT2D eigenvalue weighted by Crippen LogP contribution is 2.35. The Hall–Kier alpha value is -3.20. The van der Waals surface area contributed by atoms with Crippen LogP contribution in [0.15, 0.2) is 30.3 Å². The van der Waals surface area contributed by atoms with Crippen molar-refractivity contribution >= 4 is 17.9 Å². The number of carbonyl (C=O) groups is 2. The van der Waals surface area contributed by atoms with Gasteiger partial charge in [-0.15, -0.1) is 0 Å². The fraction of sp³-hybridized carbons (Fsp3) is 0.552. The lowest BCUT2D eigenvalue weighted by atomic mass is 10.1. The summed E-state index contributed by atoms with van der Waals surface area (Å²) in [4.78, 5) is 31.5. The monoisotopic (exact) mass is 524 g/mol. The van der Waals surface area contributed by atoms with Crippen molar-refractivity contribution in [3.05, 3.63) is 58.5 Å². The number of alkyl carbamates (subject to hydrolysis) is 1. The number of aryl methyl sites for hydroxylation is 2. The molecule has 1 fully saturated rings. The van der Waals surface area contributed by atoms with Gasteiger partial charge in [-0.05, 0) is 99.6 Å². The van der Waals surface area contributed by atoms with Crippen molar-refractivity contribution < 1.29 is 23.8 Å². The predicted molar refractivity (Wildman–Crippen MR) is 142 cm³/mol. The van der Waals surface area contributed by atoms with Gasteiger partial charge in [-0.2, -0.15) is 0 Å². The van der Waals surface area contributed by atoms with Crippen LogP contribution in [0.3, 0.4) is 0 Å². The number of carbonyl (C=O) groups excluding carboxylic acids is 1. The highest BCUT2D eigenvalue weighted by atomic mass is 19.1. The summed E-state index contributed by atoms with van der Waals surface area (Å²) < 4.78 is 19.5. The molecule has 204 valence electrons. The summed E-state index contributed by atoms with van der Waals surface area (Å²) in [5.41, 5.74) is 3.64. The molecule has 1 unspecified atom stereocenters. The predicted octanol–water partition coefficient (Wildman–Crippen LogP) is 4.62. The SMILES string of the molecule is O=C(N[C@@H](CCN(CCCCc1ccc2c(n1)NCCC2)C1CC1)C(=O)O)OC1CCc2c(F)cccc21. The zero-order valence-electron chi connectivity index (χ0n) is 21.8. The van der Waals surface area contributed by atoms with Gasteiger partial charge in [-0.1, -0.05) is 18.2 Å². The third-order valence-electron chi connectivity index (χ3n) is 7.85. The van der Waals surface area contributed by atoms with E-state index >= 15 is 0 Å². The Kier molecular flexibility index (Phi) is 8.42. The van der Waals surface area contributed by atoms with Gasteiger partial charge in [0.2, 0.25) is 0 Å². The average Bonchev–Trinajstić information content (AvgIpc) is 3.68. The number of carboxylic acids is 1. The smallest absolute Gasteiger partial charge is 0.408 e. The molecule has 0 bridgehead atoms. The van der Waals surface area contributed by atoms with Crippen LogP contribution in [0.4, 0.5) is 15.0 Å². The molecule has 2 aliphatic carbocycles. The van der Waals surface area contributed by atoms with Gasteiger partial charge >= 0.3 is 12.1 Å². The normalized spacial score (nSPS) is 18.8. The van der Waals surface area contributed by atoms with E-state index in [1.54, 1.807) is 12.1 Å². The minimum Gasteiger partial charge on any atom is -0.480 e. The standard InChI is InChI=1S/C29H37FN4O4/c30-24-8-3-7-23-22(24)13-14-26(23)38-29(37)33-25(28(35)36)15-18-34(21-11-12-21)17-2-1-6-20-10-9-19-5-4-16-31-27(19)32-20/h3,7-10,21,25-26H,1-2,4-6,11-18H2,(H,31,32)(H,33,37)(H,35,36)/t25-,26?/m0/s1. The van der Waals surface area contributed by atoms with Crippen molar-refractivity contribution in [2.75, 3.05) is 25.0 Å². The lowest BCUT2D eigenvalue weighted by molar-refractivity contribution is -0.139. The first kappa shape index (κ1) is 26.4. The summed E-state index contributed by atoms with van der Waals surface area (Å²) >= 11 is 0. The van der Waals surface area contributed by atoms with Crippen LogP contribution in [-0.4, -0.2) is 58.8 Å². The van der Waals surface area contributed by atoms with Gasteiger partial charge in [-0.3, -0.25) is 0 Å². The maximum atomic E-state index is 14.0. The van der Waals surface area contributed by atoms with E-state index in [1.165, 1.54) is 11.6 Å². The Morgan fingerprint density at radius 3 is 2.84 bits per heavy atom. The number of nitrogens with one attached hydrogen (secondary N) is 2. The highest BCUT2D eigenvalue weighted by molar-refractivity contribution is 5.80. The van der Waals surface area contributed by atoms with E-state index in [9.17, 15) is 19.1 Å². The van der Waals surface area contributed by atoms with Crippen LogP contribution in [0.2, 0.25) is 0 Å². The first-order valence-electron chi connectivity index (χ1n) is 13.9. The van der Waals surface area contributed by atoms with Crippen molar-refractivity contribution in [3.63, 3.8) is 0 Å². The van der Waals surface area contributed by atoms with Gasteiger partial charge in [0.15, 0.2) is 0 Å². The van der Waals surface area contributed by atoms with Crippen molar-refractivity contribution in [1.29, 1.82) is 0 Å². The molecule has 0 saturated heterocycles. The number of aromatic nitrogens is 1. The second-order valence-corrected chi connectivity index (χ2v) is 10.6. The number of benzene rings is 1. The maximum Gasteiger partial charge on any atom is 0.408 e. The Labute approximate surface area is 223 Å². The number of unbranched alkanes of at least 4 members (excludes halogenated alkanes) is 1. The lowest BCUT2D eigenvalue weighted by Crippen LogP contribution is -2.44. The fourth-order valence-corrected chi connectivity index (χ4v) is 5.60. The average molecular weight is 525 g/mol. The molecule has 1 aromatic carbocycles. The quantitative estimate of drug-likeness (QED) is 0.348. The Balaban J connectivity index is 1.07. The van der Waals surface area contributed by atoms with Crippen LogP contribution in [0.5, 0.6) is 0 Å². The number of anilines is 1. The van der Waals surface area contributed by atoms with Crippen molar-refractivity contribution in [2.24, 2.45) is 0 Å². The molecule has 1 aromatic heterocycles. The lowest BCUT2D eigenvalue weighted by Gasteiger charge is -2.24. The number of carboxylic acid groups (broad SMARTS) is 1. The summed E-state index contributed by atoms with van der Waals surface area (Å²) in [6.45, 7) is 2.48. The Morgan fingerprint density at radius 2 is 2.03 bits per heavy atom. The first-order chi connectivity index (χ1) is 18.5. The summed E-state index contributed by atoms with van der Waals surface area (Å²) in [5, 5.41) is 15.6. The number of nitrogens with zero attached hydrogens (tertiary/aromatic N) is 2. The largest absolute Gasteiger partial charge is 0.480 e. The van der Waals surface area contributed by atoms with Gasteiger partial charge in [-0.25, -0.2) is 19.0 Å². The molecule has 3 aliphatic rings. The van der Waals surface area contributed by atoms with E-state index < -0.39 is 24.2 Å². The molecule has 2 aromatic rings. The molecule has 38 heavy (non-hydrogen) atoms. The molecule has 9 heteroatoms. The molecule has 2 atom stereocenters. The minimum atomic E-state index is -1.08. The second-order valence-electron chi connectivity index (χ2n) is 10.6. The zero-order chi connectivity index (χ0) is 26.5. The van der Waals surface area contributed by atoms with Crippen molar-refractivity contribution in [2.45, 2.75) is 82.4 Å². The van der Waals surface area contributed by atoms with E-state index in [-0.39, 0.29) is 5.82 Å². The summed E-state index contributed by atoms with van der Waals surface area (Å²) in [6.07, 6.45) is 7.41. The first-order valence-corrected chi connectivity index (χ1v) is 13.9. The van der Waals surface area contributed by atoms with Crippen LogP contribution >= 0.6 is 0 Å². The third kappa shape index (κ3) is 6.62. The Morgan fingerprint density at radius 1 is 1.16 bits per heavy atom. The van der Waals surface area contributed by atoms with Gasteiger partial charge in [0.25, 0.3) is 0 Å². The van der Waals surface area contributed by atoms with Crippen molar-refractivity contribution in [1.82, 2.24) is 15.2 Å². The number of ether oxygens (including phenoxy) is 1. The third-order valence-corrected chi connectivity index (χ3v) is 7.85. The highest BCUT2D eigenvalue weighted by Gasteiger charge is 2.32. The number of halogens is 1. The molecule has 2 heterocycles. The molecule has 5 rings (SSSR count). The number of fused-ring (bicyclic) bond motifs is 2. The van der Waals surface area contributed by atoms with Crippen LogP contribution in [-0.2, 0) is 28.8 Å². The van der Waals surface area contributed by atoms with Crippen LogP contribution < -0.4 is 10.6 Å². The van der Waals surface area contributed by atoms with Crippen LogP contribution in [0, 0.1) is 5.82 Å². The Bertz CT molecular complexity index is 1160. The number of rotatable bonds is 12. The van der Waals surface area contributed by atoms with Gasteiger partial charge in [0.05, 0.1) is 0 Å². The van der Waals surface area contributed by atoms with E-state index in [0.29, 0.717) is 43.0 Å². The van der Waals surface area contributed by atoms with Crippen molar-refractivity contribution in [3.8, 4) is 0 Å². The van der Waals surface area contributed by atoms with Gasteiger partial charge in [0, 0.05) is 24.8 Å². The van der Waals surface area contributed by atoms with E-state index in [4.69, 9.17) is 9.72 Å². The summed E-state index contributed by atoms with van der Waals surface area (Å²) in [6, 6.07) is 8.53. The fourth-order valence-electron chi connectivity index (χ4n) is 5.60. The van der Waals surface area contributed by atoms with Gasteiger partial charge < -0.3 is 25.4 Å². The molecule has 0 radical (unpaired) electrons. The molecular formula is C29H37FN4O4. The molecule has 1 aliphatic heterocycles. The number of hydrogen-bond acceptors (Lipinski definition) is 6. The van der Waals surface area contributed by atoms with Crippen LogP contribution in [0.25, 0.3) is 0 Å². The molecule has 1 saturated carbocycles. The topological polar surface area (TPSA) is 104 Å². The van der Waals surface area contributed by atoms with E-state index in [2.05, 4.69) is 27.7 Å². The molecule has 0 spiro atoms. The van der Waals surface area contributed by atoms with E-state index in [0.717, 1.165) is 69.5 Å². The minimum absolute atomic E-state index is 0.298. The van der Waals surface area contributed by atoms with Gasteiger partial charge in [0.1, 0.15) is 23.8 Å². The maximum absolute atomic E-state index is 14.0. The van der Waals surface area contributed by atoms with E-state index in [1.807, 2.05) is 0 Å². The number of amides is 1. The second kappa shape index (κ2) is 12.1. The molecule has 8 nitrogen and oxygen atoms in total. The van der Waals surface area contributed by atoms with Crippen LogP contribution in [0.1, 0.15) is 73.4 Å². The summed E-state index contributed by atoms with van der Waals surface area (Å²) in [7, 11) is 0. The molecule has 3 N–H and O–H groups in total. The zero-order valence-corrected chi connectivity index (χ0v) is 21.8. The molecular weight excluding hydrogens is 487 g/mol. The number of aliphatic carboxylic acids is 1. The molecule has 1 amide bonds.